The lowest BCUT2D eigenvalue weighted by atomic mass is 10.0. The summed E-state index contributed by atoms with van der Waals surface area (Å²) in [7, 11) is 1.99. The summed E-state index contributed by atoms with van der Waals surface area (Å²) in [6, 6.07) is 0.0127. The molecule has 0 radical (unpaired) electrons. The topological polar surface area (TPSA) is 29.5 Å². The lowest BCUT2D eigenvalue weighted by Crippen LogP contribution is -2.42. The van der Waals surface area contributed by atoms with Gasteiger partial charge in [-0.05, 0) is 33.4 Å². The molecular weight excluding hydrogens is 190 g/mol. The first-order valence-corrected chi connectivity index (χ1v) is 4.62. The van der Waals surface area contributed by atoms with Gasteiger partial charge in [0.1, 0.15) is 6.04 Å². The van der Waals surface area contributed by atoms with E-state index in [0.29, 0.717) is 6.61 Å². The molecular formula is C9H18ClNO2. The number of hydrogen-bond acceptors (Lipinski definition) is 3. The van der Waals surface area contributed by atoms with E-state index in [1.165, 1.54) is 6.42 Å². The SMILES string of the molecule is CCOC(=O)C1CCCCN1C.Cl. The van der Waals surface area contributed by atoms with E-state index in [-0.39, 0.29) is 24.4 Å². The molecule has 4 heteroatoms. The second kappa shape index (κ2) is 6.22. The molecule has 1 saturated heterocycles. The first-order chi connectivity index (χ1) is 5.75. The van der Waals surface area contributed by atoms with Crippen LogP contribution >= 0.6 is 12.4 Å². The number of esters is 1. The van der Waals surface area contributed by atoms with Crippen molar-refractivity contribution in [1.82, 2.24) is 4.90 Å². The Balaban J connectivity index is 0.00000144. The molecule has 1 rings (SSSR count). The van der Waals surface area contributed by atoms with E-state index >= 15 is 0 Å². The van der Waals surface area contributed by atoms with Crippen molar-refractivity contribution in [2.75, 3.05) is 20.2 Å². The Morgan fingerprint density at radius 3 is 2.77 bits per heavy atom. The average Bonchev–Trinajstić information content (AvgIpc) is 2.05. The predicted molar refractivity (Wildman–Crippen MR) is 54.2 cm³/mol. The molecule has 0 aromatic heterocycles. The van der Waals surface area contributed by atoms with Gasteiger partial charge in [0, 0.05) is 0 Å². The Labute approximate surface area is 85.8 Å². The third-order valence-corrected chi connectivity index (χ3v) is 2.33. The van der Waals surface area contributed by atoms with Gasteiger partial charge in [-0.2, -0.15) is 0 Å². The van der Waals surface area contributed by atoms with Gasteiger partial charge in [0.05, 0.1) is 6.61 Å². The lowest BCUT2D eigenvalue weighted by Gasteiger charge is -2.30. The van der Waals surface area contributed by atoms with Crippen molar-refractivity contribution in [2.24, 2.45) is 0 Å². The van der Waals surface area contributed by atoms with Crippen LogP contribution in [0.15, 0.2) is 0 Å². The highest BCUT2D eigenvalue weighted by atomic mass is 35.5. The van der Waals surface area contributed by atoms with Crippen LogP contribution in [-0.2, 0) is 9.53 Å². The van der Waals surface area contributed by atoms with Crippen LogP contribution in [0, 0.1) is 0 Å². The molecule has 78 valence electrons. The molecule has 1 heterocycles. The number of carbonyl (C=O) groups is 1. The number of halogens is 1. The standard InChI is InChI=1S/C9H17NO2.ClH/c1-3-12-9(11)8-6-4-5-7-10(8)2;/h8H,3-7H2,1-2H3;1H. The van der Waals surface area contributed by atoms with E-state index < -0.39 is 0 Å². The van der Waals surface area contributed by atoms with Crippen molar-refractivity contribution in [1.29, 1.82) is 0 Å². The fourth-order valence-electron chi connectivity index (χ4n) is 1.61. The van der Waals surface area contributed by atoms with E-state index in [0.717, 1.165) is 19.4 Å². The number of carbonyl (C=O) groups excluding carboxylic acids is 1. The van der Waals surface area contributed by atoms with Crippen LogP contribution in [0.3, 0.4) is 0 Å². The van der Waals surface area contributed by atoms with Gasteiger partial charge in [-0.3, -0.25) is 9.69 Å². The largest absolute Gasteiger partial charge is 0.465 e. The monoisotopic (exact) mass is 207 g/mol. The maximum Gasteiger partial charge on any atom is 0.323 e. The molecule has 0 spiro atoms. The average molecular weight is 208 g/mol. The van der Waals surface area contributed by atoms with Gasteiger partial charge >= 0.3 is 5.97 Å². The quantitative estimate of drug-likeness (QED) is 0.643. The second-order valence-electron chi connectivity index (χ2n) is 3.24. The van der Waals surface area contributed by atoms with Gasteiger partial charge in [-0.1, -0.05) is 6.42 Å². The maximum absolute atomic E-state index is 11.3. The van der Waals surface area contributed by atoms with Crippen molar-refractivity contribution in [2.45, 2.75) is 32.2 Å². The summed E-state index contributed by atoms with van der Waals surface area (Å²) in [6.45, 7) is 3.35. The molecule has 1 aliphatic heterocycles. The molecule has 0 N–H and O–H groups in total. The number of piperidine rings is 1. The van der Waals surface area contributed by atoms with Crippen molar-refractivity contribution >= 4 is 18.4 Å². The third kappa shape index (κ3) is 3.53. The van der Waals surface area contributed by atoms with Gasteiger partial charge in [0.2, 0.25) is 0 Å². The Bertz CT molecular complexity index is 164. The zero-order valence-electron chi connectivity index (χ0n) is 8.28. The van der Waals surface area contributed by atoms with Crippen LogP contribution in [0.25, 0.3) is 0 Å². The maximum atomic E-state index is 11.3. The summed E-state index contributed by atoms with van der Waals surface area (Å²) in [4.78, 5) is 13.4. The van der Waals surface area contributed by atoms with Crippen molar-refractivity contribution < 1.29 is 9.53 Å². The highest BCUT2D eigenvalue weighted by Crippen LogP contribution is 2.15. The van der Waals surface area contributed by atoms with Crippen molar-refractivity contribution in [3.63, 3.8) is 0 Å². The van der Waals surface area contributed by atoms with Crippen LogP contribution in [0.4, 0.5) is 0 Å². The van der Waals surface area contributed by atoms with Gasteiger partial charge in [-0.15, -0.1) is 12.4 Å². The summed E-state index contributed by atoms with van der Waals surface area (Å²) in [5.41, 5.74) is 0. The minimum atomic E-state index is -0.0558. The predicted octanol–water partition coefficient (Wildman–Crippen LogP) is 1.46. The number of ether oxygens (including phenoxy) is 1. The van der Waals surface area contributed by atoms with Crippen LogP contribution in [0.1, 0.15) is 26.2 Å². The molecule has 0 aromatic carbocycles. The van der Waals surface area contributed by atoms with Gasteiger partial charge in [0.15, 0.2) is 0 Å². The minimum absolute atomic E-state index is 0. The zero-order chi connectivity index (χ0) is 8.97. The molecule has 0 bridgehead atoms. The second-order valence-corrected chi connectivity index (χ2v) is 3.24. The molecule has 0 saturated carbocycles. The summed E-state index contributed by atoms with van der Waals surface area (Å²) >= 11 is 0. The number of hydrogen-bond donors (Lipinski definition) is 0. The number of rotatable bonds is 2. The Morgan fingerprint density at radius 2 is 2.23 bits per heavy atom. The van der Waals surface area contributed by atoms with Crippen LogP contribution < -0.4 is 0 Å². The normalized spacial score (nSPS) is 23.4. The molecule has 1 atom stereocenters. The zero-order valence-corrected chi connectivity index (χ0v) is 9.10. The number of nitrogens with zero attached hydrogens (tertiary/aromatic N) is 1. The number of likely N-dealkylation sites (tertiary alicyclic amines) is 1. The van der Waals surface area contributed by atoms with Crippen LogP contribution in [0.5, 0.6) is 0 Å². The highest BCUT2D eigenvalue weighted by molar-refractivity contribution is 5.85. The van der Waals surface area contributed by atoms with Crippen LogP contribution in [-0.4, -0.2) is 37.1 Å². The smallest absolute Gasteiger partial charge is 0.323 e. The van der Waals surface area contributed by atoms with E-state index in [4.69, 9.17) is 4.74 Å². The Kier molecular flexibility index (Phi) is 6.08. The van der Waals surface area contributed by atoms with E-state index in [1.807, 2.05) is 14.0 Å². The molecule has 0 aromatic rings. The summed E-state index contributed by atoms with van der Waals surface area (Å²) in [5.74, 6) is -0.0558. The summed E-state index contributed by atoms with van der Waals surface area (Å²) in [5, 5.41) is 0. The number of likely N-dealkylation sites (N-methyl/N-ethyl adjacent to an activating group) is 1. The summed E-state index contributed by atoms with van der Waals surface area (Å²) < 4.78 is 4.97. The van der Waals surface area contributed by atoms with Crippen molar-refractivity contribution in [3.8, 4) is 0 Å². The van der Waals surface area contributed by atoms with E-state index in [2.05, 4.69) is 4.90 Å². The summed E-state index contributed by atoms with van der Waals surface area (Å²) in [6.07, 6.45) is 3.30. The molecule has 1 unspecified atom stereocenters. The lowest BCUT2D eigenvalue weighted by molar-refractivity contribution is -0.150. The Hall–Kier alpha value is -0.280. The van der Waals surface area contributed by atoms with Crippen molar-refractivity contribution in [3.05, 3.63) is 0 Å². The molecule has 0 amide bonds. The fourth-order valence-corrected chi connectivity index (χ4v) is 1.61. The molecule has 13 heavy (non-hydrogen) atoms. The molecule has 1 fully saturated rings. The fraction of sp³-hybridized carbons (Fsp3) is 0.889. The highest BCUT2D eigenvalue weighted by Gasteiger charge is 2.26. The minimum Gasteiger partial charge on any atom is -0.465 e. The molecule has 0 aliphatic carbocycles. The first-order valence-electron chi connectivity index (χ1n) is 4.62. The molecule has 1 aliphatic rings. The molecule has 3 nitrogen and oxygen atoms in total. The van der Waals surface area contributed by atoms with Gasteiger partial charge in [0.25, 0.3) is 0 Å². The third-order valence-electron chi connectivity index (χ3n) is 2.33. The van der Waals surface area contributed by atoms with Gasteiger partial charge in [-0.25, -0.2) is 0 Å². The van der Waals surface area contributed by atoms with E-state index in [1.54, 1.807) is 0 Å². The first kappa shape index (κ1) is 12.7. The van der Waals surface area contributed by atoms with E-state index in [9.17, 15) is 4.79 Å². The van der Waals surface area contributed by atoms with Gasteiger partial charge < -0.3 is 4.74 Å². The van der Waals surface area contributed by atoms with Crippen LogP contribution in [0.2, 0.25) is 0 Å². The Morgan fingerprint density at radius 1 is 1.54 bits per heavy atom.